The van der Waals surface area contributed by atoms with E-state index in [-0.39, 0.29) is 0 Å². The SMILES string of the molecule is c1cc2c(cc1N1CCC1)OCO2. The van der Waals surface area contributed by atoms with Gasteiger partial charge in [-0.15, -0.1) is 0 Å². The number of fused-ring (bicyclic) bond motifs is 1. The van der Waals surface area contributed by atoms with Crippen LogP contribution in [-0.2, 0) is 0 Å². The van der Waals surface area contributed by atoms with E-state index < -0.39 is 0 Å². The second-order valence-electron chi connectivity index (χ2n) is 3.38. The number of rotatable bonds is 1. The zero-order valence-electron chi connectivity index (χ0n) is 7.32. The Morgan fingerprint density at radius 3 is 2.69 bits per heavy atom. The lowest BCUT2D eigenvalue weighted by atomic mass is 10.1. The van der Waals surface area contributed by atoms with E-state index in [2.05, 4.69) is 17.0 Å². The molecule has 0 bridgehead atoms. The molecule has 3 heteroatoms. The normalized spacial score (nSPS) is 18.6. The molecule has 68 valence electrons. The molecule has 13 heavy (non-hydrogen) atoms. The molecule has 2 heterocycles. The first-order valence-corrected chi connectivity index (χ1v) is 4.58. The summed E-state index contributed by atoms with van der Waals surface area (Å²) in [5.41, 5.74) is 1.25. The third-order valence-electron chi connectivity index (χ3n) is 2.58. The molecule has 0 saturated carbocycles. The standard InChI is InChI=1S/C10H11NO2/c1-4-11(5-1)8-2-3-9-10(6-8)13-7-12-9/h2-3,6H,1,4-5,7H2. The van der Waals surface area contributed by atoms with Gasteiger partial charge in [-0.2, -0.15) is 0 Å². The van der Waals surface area contributed by atoms with E-state index in [9.17, 15) is 0 Å². The fourth-order valence-corrected chi connectivity index (χ4v) is 1.66. The van der Waals surface area contributed by atoms with Crippen molar-refractivity contribution < 1.29 is 9.47 Å². The van der Waals surface area contributed by atoms with Crippen LogP contribution in [0.25, 0.3) is 0 Å². The maximum atomic E-state index is 5.31. The van der Waals surface area contributed by atoms with Gasteiger partial charge in [0, 0.05) is 24.8 Å². The first-order chi connectivity index (χ1) is 6.43. The van der Waals surface area contributed by atoms with Crippen LogP contribution >= 0.6 is 0 Å². The van der Waals surface area contributed by atoms with Gasteiger partial charge in [0.1, 0.15) is 0 Å². The van der Waals surface area contributed by atoms with Gasteiger partial charge in [0.25, 0.3) is 0 Å². The van der Waals surface area contributed by atoms with Gasteiger partial charge in [0.2, 0.25) is 6.79 Å². The van der Waals surface area contributed by atoms with Crippen LogP contribution in [0.4, 0.5) is 5.69 Å². The summed E-state index contributed by atoms with van der Waals surface area (Å²) in [7, 11) is 0. The van der Waals surface area contributed by atoms with Crippen molar-refractivity contribution in [2.75, 3.05) is 24.8 Å². The predicted molar refractivity (Wildman–Crippen MR) is 49.4 cm³/mol. The lowest BCUT2D eigenvalue weighted by Crippen LogP contribution is -2.36. The Labute approximate surface area is 76.9 Å². The Morgan fingerprint density at radius 2 is 1.92 bits per heavy atom. The highest BCUT2D eigenvalue weighted by Gasteiger charge is 2.18. The summed E-state index contributed by atoms with van der Waals surface area (Å²) >= 11 is 0. The molecule has 0 aliphatic carbocycles. The molecule has 0 spiro atoms. The average molecular weight is 177 g/mol. The third kappa shape index (κ3) is 1.03. The van der Waals surface area contributed by atoms with E-state index in [1.807, 2.05) is 6.07 Å². The van der Waals surface area contributed by atoms with E-state index in [0.717, 1.165) is 11.5 Å². The lowest BCUT2D eigenvalue weighted by molar-refractivity contribution is 0.174. The molecule has 1 saturated heterocycles. The highest BCUT2D eigenvalue weighted by atomic mass is 16.7. The maximum Gasteiger partial charge on any atom is 0.231 e. The molecule has 0 unspecified atom stereocenters. The average Bonchev–Trinajstić information content (AvgIpc) is 2.47. The number of hydrogen-bond acceptors (Lipinski definition) is 3. The van der Waals surface area contributed by atoms with Gasteiger partial charge < -0.3 is 14.4 Å². The Balaban J connectivity index is 1.95. The Kier molecular flexibility index (Phi) is 1.39. The first kappa shape index (κ1) is 7.06. The molecule has 0 atom stereocenters. The van der Waals surface area contributed by atoms with Crippen molar-refractivity contribution in [3.63, 3.8) is 0 Å². The van der Waals surface area contributed by atoms with E-state index in [0.29, 0.717) is 6.79 Å². The van der Waals surface area contributed by atoms with Crippen LogP contribution in [0.15, 0.2) is 18.2 Å². The minimum atomic E-state index is 0.360. The van der Waals surface area contributed by atoms with Crippen LogP contribution in [0.1, 0.15) is 6.42 Å². The summed E-state index contributed by atoms with van der Waals surface area (Å²) in [5.74, 6) is 1.74. The molecule has 2 aliphatic rings. The van der Waals surface area contributed by atoms with Crippen molar-refractivity contribution in [2.45, 2.75) is 6.42 Å². The fraction of sp³-hybridized carbons (Fsp3) is 0.400. The Morgan fingerprint density at radius 1 is 1.08 bits per heavy atom. The first-order valence-electron chi connectivity index (χ1n) is 4.58. The molecule has 0 N–H and O–H groups in total. The summed E-state index contributed by atoms with van der Waals surface area (Å²) in [4.78, 5) is 2.34. The summed E-state index contributed by atoms with van der Waals surface area (Å²) in [5, 5.41) is 0. The number of hydrogen-bond donors (Lipinski definition) is 0. The zero-order valence-corrected chi connectivity index (χ0v) is 7.32. The number of anilines is 1. The molecule has 0 radical (unpaired) electrons. The third-order valence-corrected chi connectivity index (χ3v) is 2.58. The van der Waals surface area contributed by atoms with E-state index in [1.54, 1.807) is 0 Å². The van der Waals surface area contributed by atoms with Crippen molar-refractivity contribution in [3.8, 4) is 11.5 Å². The van der Waals surface area contributed by atoms with Crippen LogP contribution in [-0.4, -0.2) is 19.9 Å². The van der Waals surface area contributed by atoms with Crippen LogP contribution in [0, 0.1) is 0 Å². The van der Waals surface area contributed by atoms with E-state index in [1.165, 1.54) is 25.2 Å². The number of nitrogens with zero attached hydrogens (tertiary/aromatic N) is 1. The molecule has 3 nitrogen and oxygen atoms in total. The van der Waals surface area contributed by atoms with E-state index >= 15 is 0 Å². The van der Waals surface area contributed by atoms with Gasteiger partial charge in [-0.05, 0) is 18.6 Å². The maximum absolute atomic E-state index is 5.31. The van der Waals surface area contributed by atoms with E-state index in [4.69, 9.17) is 9.47 Å². The minimum Gasteiger partial charge on any atom is -0.454 e. The van der Waals surface area contributed by atoms with Crippen LogP contribution in [0.3, 0.4) is 0 Å². The van der Waals surface area contributed by atoms with Gasteiger partial charge in [0.15, 0.2) is 11.5 Å². The smallest absolute Gasteiger partial charge is 0.231 e. The molecule has 0 aromatic heterocycles. The molecular formula is C10H11NO2. The summed E-state index contributed by atoms with van der Waals surface area (Å²) < 4.78 is 10.6. The summed E-state index contributed by atoms with van der Waals surface area (Å²) in [6, 6.07) is 6.13. The zero-order chi connectivity index (χ0) is 8.67. The molecule has 0 amide bonds. The molecule has 1 fully saturated rings. The van der Waals surface area contributed by atoms with Gasteiger partial charge >= 0.3 is 0 Å². The van der Waals surface area contributed by atoms with Gasteiger partial charge in [-0.3, -0.25) is 0 Å². The van der Waals surface area contributed by atoms with Gasteiger partial charge in [-0.25, -0.2) is 0 Å². The summed E-state index contributed by atoms with van der Waals surface area (Å²) in [6.45, 7) is 2.69. The van der Waals surface area contributed by atoms with Crippen LogP contribution < -0.4 is 14.4 Å². The molecule has 1 aromatic rings. The number of benzene rings is 1. The molecule has 2 aliphatic heterocycles. The van der Waals surface area contributed by atoms with Crippen LogP contribution in [0.2, 0.25) is 0 Å². The second-order valence-corrected chi connectivity index (χ2v) is 3.38. The predicted octanol–water partition coefficient (Wildman–Crippen LogP) is 1.63. The van der Waals surface area contributed by atoms with Crippen molar-refractivity contribution in [1.82, 2.24) is 0 Å². The topological polar surface area (TPSA) is 21.7 Å². The summed E-state index contributed by atoms with van der Waals surface area (Å²) in [6.07, 6.45) is 1.30. The van der Waals surface area contributed by atoms with Gasteiger partial charge in [0.05, 0.1) is 0 Å². The molecule has 1 aromatic carbocycles. The lowest BCUT2D eigenvalue weighted by Gasteiger charge is -2.33. The van der Waals surface area contributed by atoms with Crippen molar-refractivity contribution in [3.05, 3.63) is 18.2 Å². The highest BCUT2D eigenvalue weighted by molar-refractivity contribution is 5.58. The molecular weight excluding hydrogens is 166 g/mol. The largest absolute Gasteiger partial charge is 0.454 e. The fourth-order valence-electron chi connectivity index (χ4n) is 1.66. The highest BCUT2D eigenvalue weighted by Crippen LogP contribution is 2.36. The number of ether oxygens (including phenoxy) is 2. The second kappa shape index (κ2) is 2.55. The quantitative estimate of drug-likeness (QED) is 0.650. The van der Waals surface area contributed by atoms with Crippen molar-refractivity contribution >= 4 is 5.69 Å². The minimum absolute atomic E-state index is 0.360. The van der Waals surface area contributed by atoms with Crippen molar-refractivity contribution in [2.24, 2.45) is 0 Å². The molecule has 3 rings (SSSR count). The van der Waals surface area contributed by atoms with Gasteiger partial charge in [-0.1, -0.05) is 0 Å². The Hall–Kier alpha value is -1.38. The monoisotopic (exact) mass is 177 g/mol. The van der Waals surface area contributed by atoms with Crippen molar-refractivity contribution in [1.29, 1.82) is 0 Å². The Bertz CT molecular complexity index is 334. The van der Waals surface area contributed by atoms with Crippen LogP contribution in [0.5, 0.6) is 11.5 Å².